The molecular weight excluding hydrogens is 596 g/mol. The third-order valence-corrected chi connectivity index (χ3v) is 8.46. The fraction of sp³-hybridized carbons (Fsp3) is 0.276. The summed E-state index contributed by atoms with van der Waals surface area (Å²) in [6.07, 6.45) is -2.50. The molecule has 1 unspecified atom stereocenters. The number of thiazole rings is 1. The van der Waals surface area contributed by atoms with Gasteiger partial charge in [-0.05, 0) is 35.2 Å². The second-order valence-electron chi connectivity index (χ2n) is 10.4. The zero-order chi connectivity index (χ0) is 30.4. The van der Waals surface area contributed by atoms with Crippen molar-refractivity contribution in [3.8, 4) is 11.1 Å². The van der Waals surface area contributed by atoms with Crippen LogP contribution in [0.2, 0.25) is 5.28 Å². The lowest BCUT2D eigenvalue weighted by Crippen LogP contribution is -2.49. The van der Waals surface area contributed by atoms with E-state index in [1.165, 1.54) is 34.7 Å². The number of anilines is 1. The number of halogens is 1. The summed E-state index contributed by atoms with van der Waals surface area (Å²) in [5.74, 6) is -1.22. The maximum Gasteiger partial charge on any atom is 0.342 e. The number of aromatic nitrogens is 5. The highest BCUT2D eigenvalue weighted by atomic mass is 35.5. The Morgan fingerprint density at radius 3 is 2.56 bits per heavy atom. The van der Waals surface area contributed by atoms with Crippen LogP contribution in [-0.2, 0) is 26.3 Å². The van der Waals surface area contributed by atoms with Gasteiger partial charge in [-0.3, -0.25) is 4.57 Å². The number of nitrogens with zero attached hydrogens (tertiary/aromatic N) is 5. The Hall–Kier alpha value is -3.98. The second kappa shape index (κ2) is 11.3. The summed E-state index contributed by atoms with van der Waals surface area (Å²) in [6, 6.07) is 17.4. The molecule has 43 heavy (non-hydrogen) atoms. The number of carboxylic acids is 1. The van der Waals surface area contributed by atoms with Crippen molar-refractivity contribution in [2.45, 2.75) is 43.0 Å². The highest BCUT2D eigenvalue weighted by molar-refractivity contribution is 7.07. The van der Waals surface area contributed by atoms with Gasteiger partial charge in [0.2, 0.25) is 10.9 Å². The number of benzene rings is 2. The number of rotatable bonds is 9. The van der Waals surface area contributed by atoms with Gasteiger partial charge in [-0.15, -0.1) is 11.3 Å². The number of hydrogen-bond donors (Lipinski definition) is 4. The number of aliphatic hydroxyl groups excluding tert-OH is 1. The van der Waals surface area contributed by atoms with E-state index in [0.29, 0.717) is 5.56 Å². The largest absolute Gasteiger partial charge is 0.479 e. The lowest BCUT2D eigenvalue weighted by Gasteiger charge is -2.32. The molecule has 0 aliphatic carbocycles. The molecular formula is C29H27ClN6O6S. The average molecular weight is 623 g/mol. The average Bonchev–Trinajstić information content (AvgIpc) is 3.72. The van der Waals surface area contributed by atoms with Gasteiger partial charge >= 0.3 is 5.97 Å². The maximum atomic E-state index is 12.9. The molecule has 1 aliphatic rings. The number of fused-ring (bicyclic) bond motifs is 1. The molecule has 1 fully saturated rings. The van der Waals surface area contributed by atoms with Crippen LogP contribution in [0.15, 0.2) is 71.8 Å². The fourth-order valence-electron chi connectivity index (χ4n) is 5.21. The van der Waals surface area contributed by atoms with Gasteiger partial charge in [0.05, 0.1) is 24.1 Å². The Morgan fingerprint density at radius 2 is 1.88 bits per heavy atom. The molecule has 0 bridgehead atoms. The minimum Gasteiger partial charge on any atom is -0.479 e. The van der Waals surface area contributed by atoms with Gasteiger partial charge in [0.15, 0.2) is 17.7 Å². The van der Waals surface area contributed by atoms with Gasteiger partial charge in [-0.1, -0.05) is 54.6 Å². The third kappa shape index (κ3) is 5.24. The van der Waals surface area contributed by atoms with E-state index in [1.54, 1.807) is 5.38 Å². The molecule has 0 radical (unpaired) electrons. The first-order chi connectivity index (χ1) is 20.6. The Morgan fingerprint density at radius 1 is 1.16 bits per heavy atom. The van der Waals surface area contributed by atoms with Crippen molar-refractivity contribution >= 4 is 45.9 Å². The second-order valence-corrected chi connectivity index (χ2v) is 11.5. The van der Waals surface area contributed by atoms with E-state index in [2.05, 4.69) is 19.9 Å². The number of ether oxygens (including phenoxy) is 2. The van der Waals surface area contributed by atoms with E-state index in [4.69, 9.17) is 26.8 Å². The normalized spacial score (nSPS) is 23.4. The minimum atomic E-state index is -1.91. The van der Waals surface area contributed by atoms with Crippen LogP contribution in [0.25, 0.3) is 22.3 Å². The van der Waals surface area contributed by atoms with Gasteiger partial charge < -0.3 is 30.5 Å². The van der Waals surface area contributed by atoms with E-state index in [9.17, 15) is 20.1 Å². The molecule has 0 spiro atoms. The van der Waals surface area contributed by atoms with Crippen LogP contribution >= 0.6 is 22.9 Å². The molecule has 1 saturated heterocycles. The van der Waals surface area contributed by atoms with E-state index < -0.39 is 42.2 Å². The summed E-state index contributed by atoms with van der Waals surface area (Å²) in [7, 11) is 0. The van der Waals surface area contributed by atoms with E-state index >= 15 is 0 Å². The molecule has 1 aliphatic heterocycles. The van der Waals surface area contributed by atoms with Crippen LogP contribution in [0.5, 0.6) is 0 Å². The maximum absolute atomic E-state index is 12.9. The summed E-state index contributed by atoms with van der Waals surface area (Å²) in [5, 5.41) is 34.5. The van der Waals surface area contributed by atoms with Gasteiger partial charge in [-0.2, -0.15) is 9.97 Å². The van der Waals surface area contributed by atoms with Crippen LogP contribution in [-0.4, -0.2) is 70.2 Å². The molecule has 5 atom stereocenters. The van der Waals surface area contributed by atoms with Crippen LogP contribution in [0, 0.1) is 0 Å². The number of nitrogen functional groups attached to an aromatic ring is 1. The number of hydrogen-bond acceptors (Lipinski definition) is 11. The van der Waals surface area contributed by atoms with E-state index in [-0.39, 0.29) is 34.4 Å². The predicted octanol–water partition coefficient (Wildman–Crippen LogP) is 3.43. The Kier molecular flexibility index (Phi) is 7.62. The van der Waals surface area contributed by atoms with Gasteiger partial charge in [0.1, 0.15) is 23.3 Å². The fourth-order valence-corrected chi connectivity index (χ4v) is 5.99. The summed E-state index contributed by atoms with van der Waals surface area (Å²) in [6.45, 7) is 0.992. The van der Waals surface area contributed by atoms with Crippen LogP contribution in [0.3, 0.4) is 0 Å². The molecule has 3 aromatic heterocycles. The topological polar surface area (TPSA) is 179 Å². The van der Waals surface area contributed by atoms with Crippen molar-refractivity contribution in [3.05, 3.63) is 88.4 Å². The quantitative estimate of drug-likeness (QED) is 0.177. The van der Waals surface area contributed by atoms with Crippen molar-refractivity contribution in [1.82, 2.24) is 24.5 Å². The van der Waals surface area contributed by atoms with E-state index in [1.807, 2.05) is 54.6 Å². The molecule has 5 aromatic rings. The first-order valence-electron chi connectivity index (χ1n) is 13.2. The molecule has 12 nitrogen and oxygen atoms in total. The highest BCUT2D eigenvalue weighted by Crippen LogP contribution is 2.40. The molecule has 6 rings (SSSR count). The molecule has 14 heteroatoms. The lowest BCUT2D eigenvalue weighted by atomic mass is 9.90. The molecule has 0 saturated carbocycles. The predicted molar refractivity (Wildman–Crippen MR) is 158 cm³/mol. The number of carbonyl (C=O) groups is 1. The zero-order valence-electron chi connectivity index (χ0n) is 22.7. The summed E-state index contributed by atoms with van der Waals surface area (Å²) < 4.78 is 13.6. The van der Waals surface area contributed by atoms with E-state index in [0.717, 1.165) is 11.1 Å². The van der Waals surface area contributed by atoms with Crippen molar-refractivity contribution in [3.63, 3.8) is 0 Å². The Bertz CT molecular complexity index is 1750. The molecule has 222 valence electrons. The van der Waals surface area contributed by atoms with Crippen molar-refractivity contribution in [2.24, 2.45) is 0 Å². The summed E-state index contributed by atoms with van der Waals surface area (Å²) in [4.78, 5) is 29.4. The Labute approximate surface area is 254 Å². The third-order valence-electron chi connectivity index (χ3n) is 7.71. The molecule has 4 heterocycles. The highest BCUT2D eigenvalue weighted by Gasteiger charge is 2.55. The molecule has 0 amide bonds. The van der Waals surface area contributed by atoms with Gasteiger partial charge in [-0.25, -0.2) is 14.8 Å². The lowest BCUT2D eigenvalue weighted by molar-refractivity contribution is -0.180. The standard InChI is InChI=1S/C29H27ClN6O6S/c1-28(40)20(42-25(22(28)37)36-14-32-21-23(31)34-27(30)35-24(21)36)12-41-29(26(38)39,19-13-43-15-33-19)11-16-7-9-18(10-8-16)17-5-3-2-4-6-17/h2-10,13-15,20,22,25,37,40H,11-12H2,1H3,(H,38,39)(H2,31,34,35)/t20-,22+,25-,28-,29?/m1/s1. The minimum absolute atomic E-state index is 0.0409. The van der Waals surface area contributed by atoms with Crippen LogP contribution in [0.1, 0.15) is 24.4 Å². The number of imidazole rings is 1. The van der Waals surface area contributed by atoms with Crippen LogP contribution < -0.4 is 5.73 Å². The molecule has 5 N–H and O–H groups in total. The van der Waals surface area contributed by atoms with Gasteiger partial charge in [0.25, 0.3) is 0 Å². The molecule has 2 aromatic carbocycles. The number of nitrogens with two attached hydrogens (primary N) is 1. The summed E-state index contributed by atoms with van der Waals surface area (Å²) in [5.41, 5.74) is 7.03. The monoisotopic (exact) mass is 622 g/mol. The van der Waals surface area contributed by atoms with Crippen LogP contribution in [0.4, 0.5) is 5.82 Å². The van der Waals surface area contributed by atoms with Crippen molar-refractivity contribution < 1.29 is 29.6 Å². The number of aliphatic carboxylic acids is 1. The zero-order valence-corrected chi connectivity index (χ0v) is 24.3. The Balaban J connectivity index is 1.28. The van der Waals surface area contributed by atoms with Crippen molar-refractivity contribution in [2.75, 3.05) is 12.3 Å². The smallest absolute Gasteiger partial charge is 0.342 e. The first-order valence-corrected chi connectivity index (χ1v) is 14.5. The first kappa shape index (κ1) is 29.1. The number of aliphatic hydroxyl groups is 2. The van der Waals surface area contributed by atoms with Gasteiger partial charge in [0, 0.05) is 11.8 Å². The number of carboxylic acid groups (broad SMARTS) is 1. The van der Waals surface area contributed by atoms with Crippen molar-refractivity contribution in [1.29, 1.82) is 0 Å². The SMILES string of the molecule is C[C@@]1(O)[C@@H](COC(Cc2ccc(-c3ccccc3)cc2)(C(=O)O)c2cscn2)O[C@@H](n2cnc3c(N)nc(Cl)nc32)[C@@H]1O. The summed E-state index contributed by atoms with van der Waals surface area (Å²) >= 11 is 7.22.